The average Bonchev–Trinajstić information content (AvgIpc) is 3.07. The average molecular weight is 467 g/mol. The van der Waals surface area contributed by atoms with Crippen molar-refractivity contribution in [2.24, 2.45) is 4.99 Å². The molecule has 1 heterocycles. The van der Waals surface area contributed by atoms with Gasteiger partial charge in [-0.15, -0.1) is 24.0 Å². The van der Waals surface area contributed by atoms with Gasteiger partial charge in [0.25, 0.3) is 0 Å². The van der Waals surface area contributed by atoms with Crippen LogP contribution in [0.3, 0.4) is 0 Å². The van der Waals surface area contributed by atoms with Crippen molar-refractivity contribution in [2.75, 3.05) is 13.6 Å². The predicted molar refractivity (Wildman–Crippen MR) is 102 cm³/mol. The first-order chi connectivity index (χ1) is 11.5. The summed E-state index contributed by atoms with van der Waals surface area (Å²) in [5.74, 6) is 0.554. The number of alkyl halides is 3. The Morgan fingerprint density at radius 3 is 2.72 bits per heavy atom. The monoisotopic (exact) mass is 467 g/mol. The molecule has 2 N–H and O–H groups in total. The van der Waals surface area contributed by atoms with Crippen LogP contribution in [0.1, 0.15) is 17.5 Å². The first-order valence-electron chi connectivity index (χ1n) is 7.55. The van der Waals surface area contributed by atoms with Gasteiger partial charge in [0.15, 0.2) is 5.96 Å². The number of rotatable bonds is 6. The lowest BCUT2D eigenvalue weighted by Gasteiger charge is -2.13. The molecule has 1 aromatic carbocycles. The van der Waals surface area contributed by atoms with Gasteiger partial charge < -0.3 is 15.2 Å². The van der Waals surface area contributed by atoms with E-state index >= 15 is 0 Å². The van der Waals surface area contributed by atoms with Gasteiger partial charge in [-0.05, 0) is 24.1 Å². The minimum Gasteiger partial charge on any atom is -0.356 e. The van der Waals surface area contributed by atoms with Crippen molar-refractivity contribution in [3.8, 4) is 0 Å². The fourth-order valence-corrected chi connectivity index (χ4v) is 2.15. The summed E-state index contributed by atoms with van der Waals surface area (Å²) >= 11 is 0. The first kappa shape index (κ1) is 21.3. The van der Waals surface area contributed by atoms with Crippen molar-refractivity contribution in [1.82, 2.24) is 20.2 Å². The van der Waals surface area contributed by atoms with Crippen LogP contribution in [0.25, 0.3) is 0 Å². The van der Waals surface area contributed by atoms with Crippen LogP contribution >= 0.6 is 24.0 Å². The van der Waals surface area contributed by atoms with E-state index in [0.29, 0.717) is 18.1 Å². The van der Waals surface area contributed by atoms with Gasteiger partial charge in [-0.1, -0.05) is 12.1 Å². The summed E-state index contributed by atoms with van der Waals surface area (Å²) < 4.78 is 40.0. The lowest BCUT2D eigenvalue weighted by atomic mass is 10.1. The maximum atomic E-state index is 12.7. The van der Waals surface area contributed by atoms with Crippen molar-refractivity contribution in [2.45, 2.75) is 25.7 Å². The van der Waals surface area contributed by atoms with Gasteiger partial charge in [-0.25, -0.2) is 4.98 Å². The fourth-order valence-electron chi connectivity index (χ4n) is 2.15. The topological polar surface area (TPSA) is 54.2 Å². The third kappa shape index (κ3) is 7.32. The highest BCUT2D eigenvalue weighted by Gasteiger charge is 2.30. The molecule has 0 aliphatic heterocycles. The van der Waals surface area contributed by atoms with E-state index in [1.165, 1.54) is 6.07 Å². The summed E-state index contributed by atoms with van der Waals surface area (Å²) in [5.41, 5.74) is -0.101. The van der Waals surface area contributed by atoms with Crippen molar-refractivity contribution in [3.63, 3.8) is 0 Å². The number of imidazole rings is 1. The molecule has 0 radical (unpaired) electrons. The standard InChI is InChI=1S/C16H20F3N5.HI/c1-20-15(22-6-3-8-24-9-7-21-12-24)23-11-13-4-2-5-14(10-13)16(17,18)19;/h2,4-5,7,9-10,12H,3,6,8,11H2,1H3,(H2,20,22,23);1H. The molecule has 0 aliphatic carbocycles. The number of hydrogen-bond acceptors (Lipinski definition) is 2. The van der Waals surface area contributed by atoms with Gasteiger partial charge in [0.2, 0.25) is 0 Å². The normalized spacial score (nSPS) is 11.8. The summed E-state index contributed by atoms with van der Waals surface area (Å²) in [6.45, 7) is 1.79. The number of aryl methyl sites for hydroxylation is 1. The summed E-state index contributed by atoms with van der Waals surface area (Å²) in [7, 11) is 1.62. The molecule has 138 valence electrons. The van der Waals surface area contributed by atoms with E-state index in [4.69, 9.17) is 0 Å². The maximum absolute atomic E-state index is 12.7. The molecule has 0 fully saturated rings. The molecule has 2 rings (SSSR count). The third-order valence-corrected chi connectivity index (χ3v) is 3.38. The highest BCUT2D eigenvalue weighted by molar-refractivity contribution is 14.0. The third-order valence-electron chi connectivity index (χ3n) is 3.38. The molecule has 0 amide bonds. The van der Waals surface area contributed by atoms with E-state index < -0.39 is 11.7 Å². The SMILES string of the molecule is CN=C(NCCCn1ccnc1)NCc1cccc(C(F)(F)F)c1.I. The molecule has 1 aromatic heterocycles. The minimum atomic E-state index is -4.33. The lowest BCUT2D eigenvalue weighted by Crippen LogP contribution is -2.37. The Kier molecular flexibility index (Phi) is 8.73. The molecular weight excluding hydrogens is 446 g/mol. The van der Waals surface area contributed by atoms with Gasteiger partial charge in [0.1, 0.15) is 0 Å². The van der Waals surface area contributed by atoms with Gasteiger partial charge in [-0.3, -0.25) is 4.99 Å². The van der Waals surface area contributed by atoms with E-state index in [2.05, 4.69) is 20.6 Å². The number of aromatic nitrogens is 2. The Morgan fingerprint density at radius 1 is 1.28 bits per heavy atom. The highest BCUT2D eigenvalue weighted by atomic mass is 127. The quantitative estimate of drug-likeness (QED) is 0.297. The van der Waals surface area contributed by atoms with Crippen molar-refractivity contribution >= 4 is 29.9 Å². The zero-order valence-electron chi connectivity index (χ0n) is 13.8. The Morgan fingerprint density at radius 2 is 2.08 bits per heavy atom. The molecule has 5 nitrogen and oxygen atoms in total. The van der Waals surface area contributed by atoms with Gasteiger partial charge >= 0.3 is 6.18 Å². The van der Waals surface area contributed by atoms with Gasteiger partial charge in [-0.2, -0.15) is 13.2 Å². The van der Waals surface area contributed by atoms with E-state index in [0.717, 1.165) is 25.1 Å². The second-order valence-electron chi connectivity index (χ2n) is 5.20. The Labute approximate surface area is 161 Å². The smallest absolute Gasteiger partial charge is 0.356 e. The maximum Gasteiger partial charge on any atom is 0.416 e. The fraction of sp³-hybridized carbons (Fsp3) is 0.375. The Hall–Kier alpha value is -1.78. The number of nitrogens with zero attached hydrogens (tertiary/aromatic N) is 3. The number of guanidine groups is 1. The minimum absolute atomic E-state index is 0. The van der Waals surface area contributed by atoms with Crippen molar-refractivity contribution in [3.05, 3.63) is 54.1 Å². The van der Waals surface area contributed by atoms with E-state index in [1.54, 1.807) is 25.6 Å². The van der Waals surface area contributed by atoms with Crippen molar-refractivity contribution in [1.29, 1.82) is 0 Å². The number of hydrogen-bond donors (Lipinski definition) is 2. The van der Waals surface area contributed by atoms with E-state index in [9.17, 15) is 13.2 Å². The number of aliphatic imine (C=N–C) groups is 1. The highest BCUT2D eigenvalue weighted by Crippen LogP contribution is 2.29. The Bertz CT molecular complexity index is 656. The molecule has 0 spiro atoms. The van der Waals surface area contributed by atoms with Crippen LogP contribution in [0.5, 0.6) is 0 Å². The van der Waals surface area contributed by atoms with Crippen LogP contribution in [0.2, 0.25) is 0 Å². The molecule has 0 saturated heterocycles. The molecule has 2 aromatic rings. The number of halogens is 4. The molecule has 9 heteroatoms. The summed E-state index contributed by atoms with van der Waals surface area (Å²) in [6, 6.07) is 5.25. The van der Waals surface area contributed by atoms with E-state index in [-0.39, 0.29) is 30.5 Å². The largest absolute Gasteiger partial charge is 0.416 e. The van der Waals surface area contributed by atoms with Gasteiger partial charge in [0.05, 0.1) is 11.9 Å². The van der Waals surface area contributed by atoms with Crippen LogP contribution in [0, 0.1) is 0 Å². The van der Waals surface area contributed by atoms with E-state index in [1.807, 2.05) is 10.8 Å². The van der Waals surface area contributed by atoms with Crippen LogP contribution < -0.4 is 10.6 Å². The number of nitrogens with one attached hydrogen (secondary N) is 2. The lowest BCUT2D eigenvalue weighted by molar-refractivity contribution is -0.137. The first-order valence-corrected chi connectivity index (χ1v) is 7.55. The van der Waals surface area contributed by atoms with Crippen molar-refractivity contribution < 1.29 is 13.2 Å². The second kappa shape index (κ2) is 10.3. The molecule has 25 heavy (non-hydrogen) atoms. The predicted octanol–water partition coefficient (Wildman–Crippen LogP) is 3.28. The molecular formula is C16H21F3IN5. The van der Waals surface area contributed by atoms with Crippen LogP contribution in [0.4, 0.5) is 13.2 Å². The van der Waals surface area contributed by atoms with Crippen LogP contribution in [-0.2, 0) is 19.3 Å². The molecule has 0 aliphatic rings. The van der Waals surface area contributed by atoms with Crippen LogP contribution in [-0.4, -0.2) is 29.1 Å². The van der Waals surface area contributed by atoms with Gasteiger partial charge in [0, 0.05) is 39.1 Å². The number of benzene rings is 1. The van der Waals surface area contributed by atoms with Crippen LogP contribution in [0.15, 0.2) is 48.0 Å². The second-order valence-corrected chi connectivity index (χ2v) is 5.20. The summed E-state index contributed by atoms with van der Waals surface area (Å²) in [6.07, 6.45) is 1.91. The Balaban J connectivity index is 0.00000312. The summed E-state index contributed by atoms with van der Waals surface area (Å²) in [5, 5.41) is 6.14. The zero-order valence-corrected chi connectivity index (χ0v) is 16.1. The molecule has 0 saturated carbocycles. The summed E-state index contributed by atoms with van der Waals surface area (Å²) in [4.78, 5) is 8.03. The molecule has 0 bridgehead atoms. The molecule has 0 unspecified atom stereocenters. The molecule has 0 atom stereocenters. The zero-order chi connectivity index (χ0) is 17.4.